The topological polar surface area (TPSA) is 44.1 Å². The van der Waals surface area contributed by atoms with Gasteiger partial charge in [0.15, 0.2) is 0 Å². The van der Waals surface area contributed by atoms with Crippen LogP contribution < -0.4 is 0 Å². The number of carbonyl (C=O) groups is 1. The van der Waals surface area contributed by atoms with E-state index < -0.39 is 0 Å². The second kappa shape index (κ2) is 4.26. The van der Waals surface area contributed by atoms with E-state index in [1.807, 2.05) is 13.8 Å². The van der Waals surface area contributed by atoms with Crippen LogP contribution in [0.15, 0.2) is 6.20 Å². The van der Waals surface area contributed by atoms with Gasteiger partial charge in [0.25, 0.3) is 0 Å². The van der Waals surface area contributed by atoms with Gasteiger partial charge >= 0.3 is 5.97 Å². The van der Waals surface area contributed by atoms with Crippen molar-refractivity contribution in [3.05, 3.63) is 17.5 Å². The largest absolute Gasteiger partial charge is 0.462 e. The van der Waals surface area contributed by atoms with Gasteiger partial charge in [0.1, 0.15) is 5.56 Å². The lowest BCUT2D eigenvalue weighted by Gasteiger charge is -2.05. The fourth-order valence-electron chi connectivity index (χ4n) is 1.12. The zero-order chi connectivity index (χ0) is 10.7. The van der Waals surface area contributed by atoms with Gasteiger partial charge in [-0.1, -0.05) is 13.8 Å². The van der Waals surface area contributed by atoms with Gasteiger partial charge in [-0.15, -0.1) is 0 Å². The summed E-state index contributed by atoms with van der Waals surface area (Å²) >= 11 is 0. The summed E-state index contributed by atoms with van der Waals surface area (Å²) in [6, 6.07) is 0. The second-order valence-corrected chi connectivity index (χ2v) is 3.79. The average Bonchev–Trinajstić information content (AvgIpc) is 2.41. The van der Waals surface area contributed by atoms with Crippen molar-refractivity contribution in [1.29, 1.82) is 0 Å². The van der Waals surface area contributed by atoms with Crippen LogP contribution in [0.2, 0.25) is 0 Å². The van der Waals surface area contributed by atoms with Gasteiger partial charge < -0.3 is 4.74 Å². The lowest BCUT2D eigenvalue weighted by atomic mass is 10.2. The van der Waals surface area contributed by atoms with Gasteiger partial charge in [-0.05, 0) is 12.8 Å². The minimum atomic E-state index is -0.288. The van der Waals surface area contributed by atoms with Crippen molar-refractivity contribution in [2.75, 3.05) is 6.61 Å². The first kappa shape index (κ1) is 10.8. The number of hydrogen-bond acceptors (Lipinski definition) is 3. The van der Waals surface area contributed by atoms with Crippen LogP contribution in [0.5, 0.6) is 0 Å². The van der Waals surface area contributed by atoms with E-state index in [-0.39, 0.29) is 5.97 Å². The third-order valence-electron chi connectivity index (χ3n) is 1.78. The van der Waals surface area contributed by atoms with E-state index in [1.54, 1.807) is 24.9 Å². The minimum absolute atomic E-state index is 0.288. The predicted molar refractivity (Wildman–Crippen MR) is 53.1 cm³/mol. The maximum absolute atomic E-state index is 11.5. The Hall–Kier alpha value is -1.32. The summed E-state index contributed by atoms with van der Waals surface area (Å²) in [5.74, 6) is 0.0697. The lowest BCUT2D eigenvalue weighted by molar-refractivity contribution is 0.0458. The fraction of sp³-hybridized carbons (Fsp3) is 0.600. The Kier molecular flexibility index (Phi) is 3.28. The van der Waals surface area contributed by atoms with E-state index in [0.717, 1.165) is 0 Å². The summed E-state index contributed by atoms with van der Waals surface area (Å²) in [7, 11) is 1.78. The van der Waals surface area contributed by atoms with Crippen LogP contribution in [0.3, 0.4) is 0 Å². The van der Waals surface area contributed by atoms with Crippen molar-refractivity contribution in [3.63, 3.8) is 0 Å². The molecule has 1 aromatic heterocycles. The van der Waals surface area contributed by atoms with Crippen LogP contribution in [0.25, 0.3) is 0 Å². The van der Waals surface area contributed by atoms with Gasteiger partial charge in [0.05, 0.1) is 12.3 Å². The third-order valence-corrected chi connectivity index (χ3v) is 1.78. The van der Waals surface area contributed by atoms with Crippen LogP contribution in [0.4, 0.5) is 0 Å². The smallest absolute Gasteiger partial charge is 0.341 e. The molecule has 0 bridgehead atoms. The minimum Gasteiger partial charge on any atom is -0.462 e. The Balaban J connectivity index is 2.65. The predicted octanol–water partition coefficient (Wildman–Crippen LogP) is 1.54. The van der Waals surface area contributed by atoms with Gasteiger partial charge in [-0.3, -0.25) is 4.68 Å². The molecule has 4 nitrogen and oxygen atoms in total. The highest BCUT2D eigenvalue weighted by Crippen LogP contribution is 2.07. The van der Waals surface area contributed by atoms with E-state index in [0.29, 0.717) is 23.8 Å². The maximum Gasteiger partial charge on any atom is 0.341 e. The summed E-state index contributed by atoms with van der Waals surface area (Å²) in [5, 5.41) is 4.08. The molecule has 0 spiro atoms. The monoisotopic (exact) mass is 196 g/mol. The van der Waals surface area contributed by atoms with Crippen molar-refractivity contribution in [2.45, 2.75) is 20.8 Å². The van der Waals surface area contributed by atoms with Crippen LogP contribution in [-0.4, -0.2) is 22.4 Å². The second-order valence-electron chi connectivity index (χ2n) is 3.79. The molecule has 0 atom stereocenters. The van der Waals surface area contributed by atoms with E-state index in [2.05, 4.69) is 5.10 Å². The number of carbonyl (C=O) groups excluding carboxylic acids is 1. The van der Waals surface area contributed by atoms with E-state index >= 15 is 0 Å². The van der Waals surface area contributed by atoms with Gasteiger partial charge in [-0.25, -0.2) is 4.79 Å². The summed E-state index contributed by atoms with van der Waals surface area (Å²) in [5.41, 5.74) is 1.26. The molecule has 0 aliphatic heterocycles. The Morgan fingerprint density at radius 1 is 1.64 bits per heavy atom. The summed E-state index contributed by atoms with van der Waals surface area (Å²) < 4.78 is 6.70. The Labute approximate surface area is 83.9 Å². The van der Waals surface area contributed by atoms with E-state index in [9.17, 15) is 4.79 Å². The van der Waals surface area contributed by atoms with E-state index in [4.69, 9.17) is 4.74 Å². The molecule has 0 unspecified atom stereocenters. The maximum atomic E-state index is 11.5. The molecule has 1 rings (SSSR count). The van der Waals surface area contributed by atoms with E-state index in [1.165, 1.54) is 0 Å². The quantitative estimate of drug-likeness (QED) is 0.689. The number of aromatic nitrogens is 2. The number of rotatable bonds is 3. The van der Waals surface area contributed by atoms with Gasteiger partial charge in [-0.2, -0.15) is 5.10 Å². The average molecular weight is 196 g/mol. The molecule has 0 fully saturated rings. The molecule has 14 heavy (non-hydrogen) atoms. The normalized spacial score (nSPS) is 10.6. The molecule has 0 N–H and O–H groups in total. The van der Waals surface area contributed by atoms with Crippen LogP contribution in [0.1, 0.15) is 29.9 Å². The first-order valence-corrected chi connectivity index (χ1v) is 4.68. The number of hydrogen-bond donors (Lipinski definition) is 0. The molecule has 0 aliphatic rings. The van der Waals surface area contributed by atoms with Crippen molar-refractivity contribution in [1.82, 2.24) is 9.78 Å². The van der Waals surface area contributed by atoms with Crippen molar-refractivity contribution in [3.8, 4) is 0 Å². The molecule has 0 radical (unpaired) electrons. The molecule has 0 aliphatic carbocycles. The molecular formula is C10H16N2O2. The van der Waals surface area contributed by atoms with Crippen LogP contribution >= 0.6 is 0 Å². The summed E-state index contributed by atoms with van der Waals surface area (Å²) in [6.45, 7) is 6.26. The number of esters is 1. The van der Waals surface area contributed by atoms with Crippen molar-refractivity contribution >= 4 is 5.97 Å². The number of ether oxygens (including phenoxy) is 1. The summed E-state index contributed by atoms with van der Waals surface area (Å²) in [4.78, 5) is 11.5. The molecular weight excluding hydrogens is 180 g/mol. The first-order chi connectivity index (χ1) is 6.50. The molecule has 0 saturated carbocycles. The lowest BCUT2D eigenvalue weighted by Crippen LogP contribution is -2.10. The molecule has 0 saturated heterocycles. The Bertz CT molecular complexity index is 329. The third kappa shape index (κ3) is 2.58. The van der Waals surface area contributed by atoms with Crippen molar-refractivity contribution in [2.24, 2.45) is 13.0 Å². The highest BCUT2D eigenvalue weighted by atomic mass is 16.5. The molecule has 78 valence electrons. The highest BCUT2D eigenvalue weighted by Gasteiger charge is 2.13. The molecule has 4 heteroatoms. The van der Waals surface area contributed by atoms with Gasteiger partial charge in [0.2, 0.25) is 0 Å². The first-order valence-electron chi connectivity index (χ1n) is 4.68. The van der Waals surface area contributed by atoms with Crippen LogP contribution in [0, 0.1) is 12.8 Å². The van der Waals surface area contributed by atoms with Crippen molar-refractivity contribution < 1.29 is 9.53 Å². The molecule has 1 aromatic rings. The zero-order valence-electron chi connectivity index (χ0n) is 9.07. The molecule has 1 heterocycles. The number of aryl methyl sites for hydroxylation is 2. The highest BCUT2D eigenvalue weighted by molar-refractivity contribution is 5.90. The SMILES string of the molecule is Cc1nn(C)cc1C(=O)OCC(C)C. The summed E-state index contributed by atoms with van der Waals surface area (Å²) in [6.07, 6.45) is 1.68. The Morgan fingerprint density at radius 3 is 2.71 bits per heavy atom. The molecule has 0 amide bonds. The van der Waals surface area contributed by atoms with Gasteiger partial charge in [0, 0.05) is 13.2 Å². The Morgan fingerprint density at radius 2 is 2.29 bits per heavy atom. The standard InChI is InChI=1S/C10H16N2O2/c1-7(2)6-14-10(13)9-5-12(4)11-8(9)3/h5,7H,6H2,1-4H3. The molecule has 0 aromatic carbocycles. The zero-order valence-corrected chi connectivity index (χ0v) is 9.07. The number of nitrogens with zero attached hydrogens (tertiary/aromatic N) is 2. The van der Waals surface area contributed by atoms with Crippen LogP contribution in [-0.2, 0) is 11.8 Å². The fourth-order valence-corrected chi connectivity index (χ4v) is 1.12.